The zero-order chi connectivity index (χ0) is 42.2. The lowest BCUT2D eigenvalue weighted by Crippen LogP contribution is -2.00. The Morgan fingerprint density at radius 1 is 0.411 bits per heavy atom. The minimum absolute atomic E-state index is 0.0358. The molecule has 0 aliphatic heterocycles. The van der Waals surface area contributed by atoms with E-state index in [2.05, 4.69) is 36.4 Å². The first-order valence-electron chi connectivity index (χ1n) is 21.2. The van der Waals surface area contributed by atoms with E-state index in [0.717, 1.165) is 49.7 Å². The molecule has 0 unspecified atom stereocenters. The summed E-state index contributed by atoms with van der Waals surface area (Å²) in [6, 6.07) is 46.6. The number of nitrogens with zero attached hydrogens (tertiary/aromatic N) is 3. The average Bonchev–Trinajstić information content (AvgIpc) is 3.98. The predicted molar refractivity (Wildman–Crippen MR) is 233 cm³/mol. The molecule has 0 saturated heterocycles. The number of rotatable bonds is 6. The van der Waals surface area contributed by atoms with Crippen LogP contribution in [0.15, 0.2) is 193 Å². The van der Waals surface area contributed by atoms with Crippen LogP contribution in [0.2, 0.25) is 0 Å². The number of benzene rings is 8. The Morgan fingerprint density at radius 3 is 1.88 bits per heavy atom. The van der Waals surface area contributed by atoms with Gasteiger partial charge in [-0.05, 0) is 74.9 Å². The fourth-order valence-electron chi connectivity index (χ4n) is 7.31. The van der Waals surface area contributed by atoms with Crippen molar-refractivity contribution in [3.8, 4) is 67.5 Å². The Bertz CT molecular complexity index is 3610. The summed E-state index contributed by atoms with van der Waals surface area (Å²) >= 11 is 1.07. The highest BCUT2D eigenvalue weighted by Crippen LogP contribution is 2.40. The van der Waals surface area contributed by atoms with Gasteiger partial charge in [-0.2, -0.15) is 0 Å². The summed E-state index contributed by atoms with van der Waals surface area (Å²) in [5.41, 5.74) is 6.68. The van der Waals surface area contributed by atoms with Gasteiger partial charge in [-0.25, -0.2) is 15.0 Å². The number of hydrogen-bond donors (Lipinski definition) is 0. The van der Waals surface area contributed by atoms with Gasteiger partial charge in [0.15, 0.2) is 17.5 Å². The largest absolute Gasteiger partial charge is 0.464 e. The van der Waals surface area contributed by atoms with Crippen LogP contribution in [-0.2, 0) is 0 Å². The molecular weight excluding hydrogens is 703 g/mol. The number of para-hydroxylation sites is 1. The SMILES string of the molecule is [2H]c1c(-c2cccc3ccoc23)c([2H])c2c(sc3c([2H])c(-c4nc(-c5ccc(-c6ccccc6)c(-c6ccccc6)c5)nc(-c5ccc6ccccc6c5)n4)c([2H])c([2H])c32)c1[2H]. The molecule has 0 N–H and O–H groups in total. The van der Waals surface area contributed by atoms with Crippen molar-refractivity contribution in [2.24, 2.45) is 0 Å². The lowest BCUT2D eigenvalue weighted by Gasteiger charge is -2.14. The highest BCUT2D eigenvalue weighted by atomic mass is 32.1. The molecule has 0 amide bonds. The van der Waals surface area contributed by atoms with E-state index >= 15 is 0 Å². The molecule has 0 spiro atoms. The lowest BCUT2D eigenvalue weighted by atomic mass is 9.92. The maximum Gasteiger partial charge on any atom is 0.164 e. The van der Waals surface area contributed by atoms with Gasteiger partial charge in [0.25, 0.3) is 0 Å². The van der Waals surface area contributed by atoms with Crippen molar-refractivity contribution < 1.29 is 12.6 Å². The number of furan rings is 1. The van der Waals surface area contributed by atoms with E-state index in [1.54, 1.807) is 18.4 Å². The van der Waals surface area contributed by atoms with Crippen LogP contribution in [-0.4, -0.2) is 15.0 Å². The lowest BCUT2D eigenvalue weighted by molar-refractivity contribution is 0.617. The van der Waals surface area contributed by atoms with Crippen molar-refractivity contribution in [2.45, 2.75) is 0 Å². The average molecular weight is 740 g/mol. The van der Waals surface area contributed by atoms with Gasteiger partial charge in [0.05, 0.1) is 14.5 Å². The maximum atomic E-state index is 9.70. The number of hydrogen-bond acceptors (Lipinski definition) is 5. The van der Waals surface area contributed by atoms with Crippen LogP contribution in [0.1, 0.15) is 8.22 Å². The van der Waals surface area contributed by atoms with E-state index in [1.165, 1.54) is 0 Å². The molecule has 4 nitrogen and oxygen atoms in total. The second kappa shape index (κ2) is 13.3. The van der Waals surface area contributed by atoms with Crippen LogP contribution in [0.25, 0.3) is 109 Å². The number of aromatic nitrogens is 3. The predicted octanol–water partition coefficient (Wildman–Crippen LogP) is 14.1. The summed E-state index contributed by atoms with van der Waals surface area (Å²) in [6.45, 7) is 0. The number of fused-ring (bicyclic) bond motifs is 5. The highest BCUT2D eigenvalue weighted by Gasteiger charge is 2.17. The summed E-state index contributed by atoms with van der Waals surface area (Å²) < 4.78 is 62.8. The van der Waals surface area contributed by atoms with Gasteiger partial charge in [-0.3, -0.25) is 0 Å². The molecule has 0 aliphatic carbocycles. The molecule has 8 aromatic carbocycles. The number of thiophene rings is 1. The van der Waals surface area contributed by atoms with Gasteiger partial charge in [0.1, 0.15) is 5.58 Å². The van der Waals surface area contributed by atoms with Crippen LogP contribution in [0.3, 0.4) is 0 Å². The first kappa shape index (κ1) is 26.5. The molecule has 262 valence electrons. The third-order valence-electron chi connectivity index (χ3n) is 10.1. The van der Waals surface area contributed by atoms with E-state index in [1.807, 2.05) is 97.1 Å². The van der Waals surface area contributed by atoms with E-state index in [4.69, 9.17) is 22.1 Å². The molecule has 0 radical (unpaired) electrons. The molecule has 3 heterocycles. The summed E-state index contributed by atoms with van der Waals surface area (Å²) in [7, 11) is 0. The van der Waals surface area contributed by atoms with Gasteiger partial charge < -0.3 is 4.42 Å². The van der Waals surface area contributed by atoms with E-state index in [0.29, 0.717) is 43.3 Å². The molecule has 56 heavy (non-hydrogen) atoms. The van der Waals surface area contributed by atoms with Crippen molar-refractivity contribution in [1.82, 2.24) is 15.0 Å². The van der Waals surface area contributed by atoms with Gasteiger partial charge in [0.2, 0.25) is 0 Å². The first-order chi connectivity index (χ1) is 30.2. The quantitative estimate of drug-likeness (QED) is 0.170. The summed E-state index contributed by atoms with van der Waals surface area (Å²) in [5, 5.41) is 3.29. The van der Waals surface area contributed by atoms with Crippen molar-refractivity contribution in [2.75, 3.05) is 0 Å². The molecule has 11 aromatic rings. The standard InChI is InChI=1S/C51H31N3OS/c1-3-11-33(12-4-1)41-23-20-39(30-44(41)34-13-5-2-6-14-34)50-52-49(38-19-18-32-10-7-8-15-36(32)28-38)53-51(54-50)40-21-24-43-45-29-37(22-25-46(45)56-47(43)31-40)42-17-9-16-35-26-27-55-48(35)42/h1-31H/i21D,22D,24D,25D,29D,31D. The molecule has 3 aromatic heterocycles. The Kier molecular flexibility index (Phi) is 6.29. The zero-order valence-electron chi connectivity index (χ0n) is 35.6. The molecule has 5 heteroatoms. The van der Waals surface area contributed by atoms with Gasteiger partial charge >= 0.3 is 0 Å². The third kappa shape index (κ3) is 5.65. The van der Waals surface area contributed by atoms with Crippen LogP contribution in [0.4, 0.5) is 0 Å². The topological polar surface area (TPSA) is 51.8 Å². The van der Waals surface area contributed by atoms with E-state index in [9.17, 15) is 5.48 Å². The fourth-order valence-corrected chi connectivity index (χ4v) is 8.28. The monoisotopic (exact) mass is 739 g/mol. The second-order valence-corrected chi connectivity index (χ2v) is 14.5. The normalized spacial score (nSPS) is 13.1. The zero-order valence-corrected chi connectivity index (χ0v) is 30.4. The highest BCUT2D eigenvalue weighted by molar-refractivity contribution is 7.25. The molecular formula is C51H31N3OS. The van der Waals surface area contributed by atoms with Gasteiger partial charge in [-0.15, -0.1) is 11.3 Å². The van der Waals surface area contributed by atoms with Crippen LogP contribution in [0.5, 0.6) is 0 Å². The first-order valence-corrected chi connectivity index (χ1v) is 19.0. The Balaban J connectivity index is 1.16. The molecule has 0 saturated carbocycles. The smallest absolute Gasteiger partial charge is 0.164 e. The van der Waals surface area contributed by atoms with Crippen molar-refractivity contribution in [3.05, 3.63) is 188 Å². The van der Waals surface area contributed by atoms with Crippen LogP contribution >= 0.6 is 11.3 Å². The van der Waals surface area contributed by atoms with Crippen molar-refractivity contribution in [3.63, 3.8) is 0 Å². The van der Waals surface area contributed by atoms with E-state index < -0.39 is 0 Å². The Hall–Kier alpha value is -7.21. The Morgan fingerprint density at radius 2 is 1.07 bits per heavy atom. The molecule has 11 rings (SSSR count). The Labute approximate surface area is 335 Å². The summed E-state index contributed by atoms with van der Waals surface area (Å²) in [6.07, 6.45) is 1.55. The minimum atomic E-state index is -0.288. The fraction of sp³-hybridized carbons (Fsp3) is 0. The molecule has 0 fully saturated rings. The molecule has 0 aliphatic rings. The summed E-state index contributed by atoms with van der Waals surface area (Å²) in [4.78, 5) is 15.0. The van der Waals surface area contributed by atoms with Gasteiger partial charge in [0, 0.05) is 47.8 Å². The minimum Gasteiger partial charge on any atom is -0.464 e. The van der Waals surface area contributed by atoms with E-state index in [-0.39, 0.29) is 64.0 Å². The summed E-state index contributed by atoms with van der Waals surface area (Å²) in [5.74, 6) is 0.718. The second-order valence-electron chi connectivity index (χ2n) is 13.5. The molecule has 0 bridgehead atoms. The maximum absolute atomic E-state index is 9.70. The van der Waals surface area contributed by atoms with Crippen molar-refractivity contribution in [1.29, 1.82) is 0 Å². The van der Waals surface area contributed by atoms with Gasteiger partial charge in [-0.1, -0.05) is 146 Å². The van der Waals surface area contributed by atoms with Crippen LogP contribution in [0, 0.1) is 0 Å². The van der Waals surface area contributed by atoms with Crippen LogP contribution < -0.4 is 0 Å². The van der Waals surface area contributed by atoms with Crippen molar-refractivity contribution >= 4 is 53.3 Å². The third-order valence-corrected chi connectivity index (χ3v) is 11.1. The molecule has 0 atom stereocenters.